The van der Waals surface area contributed by atoms with Gasteiger partial charge < -0.3 is 9.15 Å². The standard InChI is InChI=1S/C26H20F3N3O3S/c1-2-3-13-34-19-9-7-16(8-10-19)23-30-25-32(31-23)24(33)22(36-25)15-20-11-12-21(35-20)17-5-4-6-18(14-17)26(27,28)29/h4-12,14-15H,2-3,13H2,1H3/b22-15-. The van der Waals surface area contributed by atoms with E-state index in [4.69, 9.17) is 9.15 Å². The van der Waals surface area contributed by atoms with Crippen molar-refractivity contribution in [1.29, 1.82) is 0 Å². The zero-order valence-electron chi connectivity index (χ0n) is 19.1. The van der Waals surface area contributed by atoms with Crippen molar-refractivity contribution in [3.63, 3.8) is 0 Å². The van der Waals surface area contributed by atoms with Crippen LogP contribution < -0.4 is 14.8 Å². The molecule has 0 N–H and O–H groups in total. The van der Waals surface area contributed by atoms with E-state index in [1.807, 2.05) is 24.3 Å². The lowest BCUT2D eigenvalue weighted by molar-refractivity contribution is -0.137. The molecule has 0 aliphatic rings. The van der Waals surface area contributed by atoms with Crippen LogP contribution in [0.3, 0.4) is 0 Å². The summed E-state index contributed by atoms with van der Waals surface area (Å²) >= 11 is 1.15. The van der Waals surface area contributed by atoms with Crippen LogP contribution in [0.2, 0.25) is 0 Å². The third-order valence-electron chi connectivity index (χ3n) is 5.44. The molecule has 0 saturated heterocycles. The summed E-state index contributed by atoms with van der Waals surface area (Å²) in [6.45, 7) is 2.76. The van der Waals surface area contributed by atoms with Crippen LogP contribution in [0.25, 0.3) is 33.7 Å². The predicted molar refractivity (Wildman–Crippen MR) is 131 cm³/mol. The summed E-state index contributed by atoms with van der Waals surface area (Å²) in [5.41, 5.74) is -0.0644. The van der Waals surface area contributed by atoms with Gasteiger partial charge in [0.15, 0.2) is 5.82 Å². The number of nitrogens with zero attached hydrogens (tertiary/aromatic N) is 3. The van der Waals surface area contributed by atoms with E-state index in [1.165, 1.54) is 22.7 Å². The van der Waals surface area contributed by atoms with Gasteiger partial charge in [0.25, 0.3) is 5.56 Å². The lowest BCUT2D eigenvalue weighted by Gasteiger charge is -2.07. The van der Waals surface area contributed by atoms with Crippen molar-refractivity contribution in [3.05, 3.63) is 86.9 Å². The van der Waals surface area contributed by atoms with Gasteiger partial charge in [0, 0.05) is 17.2 Å². The Bertz CT molecular complexity index is 1620. The Morgan fingerprint density at radius 2 is 1.89 bits per heavy atom. The molecular formula is C26H20F3N3O3S. The van der Waals surface area contributed by atoms with Gasteiger partial charge in [0.1, 0.15) is 21.8 Å². The highest BCUT2D eigenvalue weighted by molar-refractivity contribution is 7.15. The minimum atomic E-state index is -4.45. The number of rotatable bonds is 7. The maximum atomic E-state index is 13.0. The zero-order valence-corrected chi connectivity index (χ0v) is 19.9. The molecule has 10 heteroatoms. The number of halogens is 3. The molecule has 3 aromatic heterocycles. The Morgan fingerprint density at radius 1 is 1.08 bits per heavy atom. The zero-order chi connectivity index (χ0) is 25.3. The van der Waals surface area contributed by atoms with Crippen molar-refractivity contribution in [2.24, 2.45) is 0 Å². The number of ether oxygens (including phenoxy) is 1. The Balaban J connectivity index is 1.39. The molecular weight excluding hydrogens is 491 g/mol. The Labute approximate surface area is 207 Å². The number of hydrogen-bond acceptors (Lipinski definition) is 6. The molecule has 0 fully saturated rings. The Hall–Kier alpha value is -3.92. The molecule has 5 aromatic rings. The van der Waals surface area contributed by atoms with Gasteiger partial charge in [-0.1, -0.05) is 36.8 Å². The minimum absolute atomic E-state index is 0.267. The van der Waals surface area contributed by atoms with Crippen LogP contribution in [0, 0.1) is 0 Å². The fraction of sp³-hybridized carbons (Fsp3) is 0.192. The van der Waals surface area contributed by atoms with E-state index in [9.17, 15) is 18.0 Å². The second-order valence-corrected chi connectivity index (χ2v) is 9.06. The van der Waals surface area contributed by atoms with Crippen molar-refractivity contribution in [2.75, 3.05) is 6.61 Å². The highest BCUT2D eigenvalue weighted by Crippen LogP contribution is 2.32. The Morgan fingerprint density at radius 3 is 2.61 bits per heavy atom. The normalized spacial score (nSPS) is 12.5. The molecule has 0 aliphatic heterocycles. The second kappa shape index (κ2) is 9.62. The summed E-state index contributed by atoms with van der Waals surface area (Å²) in [6, 6.07) is 15.4. The molecule has 0 radical (unpaired) electrons. The highest BCUT2D eigenvalue weighted by Gasteiger charge is 2.30. The molecule has 0 amide bonds. The largest absolute Gasteiger partial charge is 0.494 e. The first kappa shape index (κ1) is 23.8. The SMILES string of the molecule is CCCCOc1ccc(-c2nc3s/c(=C\c4ccc(-c5cccc(C(F)(F)F)c5)o4)c(=O)n3n2)cc1. The van der Waals surface area contributed by atoms with Crippen molar-refractivity contribution >= 4 is 22.4 Å². The minimum Gasteiger partial charge on any atom is -0.494 e. The van der Waals surface area contributed by atoms with Gasteiger partial charge in [-0.3, -0.25) is 4.79 Å². The number of benzene rings is 2. The fourth-order valence-corrected chi connectivity index (χ4v) is 4.44. The monoisotopic (exact) mass is 511 g/mol. The van der Waals surface area contributed by atoms with Crippen LogP contribution in [0.15, 0.2) is 69.9 Å². The van der Waals surface area contributed by atoms with E-state index in [0.29, 0.717) is 33.2 Å². The molecule has 6 nitrogen and oxygen atoms in total. The number of aromatic nitrogens is 3. The average Bonchev–Trinajstić information content (AvgIpc) is 3.57. The first-order chi connectivity index (χ1) is 17.3. The van der Waals surface area contributed by atoms with E-state index in [0.717, 1.165) is 47.6 Å². The maximum absolute atomic E-state index is 13.0. The van der Waals surface area contributed by atoms with Crippen molar-refractivity contribution in [1.82, 2.24) is 14.6 Å². The summed E-state index contributed by atoms with van der Waals surface area (Å²) in [6.07, 6.45) is -0.877. The average molecular weight is 512 g/mol. The van der Waals surface area contributed by atoms with Gasteiger partial charge in [-0.15, -0.1) is 5.10 Å². The third kappa shape index (κ3) is 4.90. The van der Waals surface area contributed by atoms with Crippen molar-refractivity contribution in [2.45, 2.75) is 25.9 Å². The number of hydrogen-bond donors (Lipinski definition) is 0. The lowest BCUT2D eigenvalue weighted by Crippen LogP contribution is -2.23. The summed E-state index contributed by atoms with van der Waals surface area (Å²) in [4.78, 5) is 17.8. The summed E-state index contributed by atoms with van der Waals surface area (Å²) < 4.78 is 52.0. The summed E-state index contributed by atoms with van der Waals surface area (Å²) in [5, 5.41) is 4.34. The van der Waals surface area contributed by atoms with Crippen LogP contribution >= 0.6 is 11.3 Å². The van der Waals surface area contributed by atoms with Crippen LogP contribution in [0.4, 0.5) is 13.2 Å². The highest BCUT2D eigenvalue weighted by atomic mass is 32.1. The topological polar surface area (TPSA) is 69.6 Å². The molecule has 3 heterocycles. The van der Waals surface area contributed by atoms with Gasteiger partial charge in [-0.2, -0.15) is 22.7 Å². The fourth-order valence-electron chi connectivity index (χ4n) is 3.55. The number of furan rings is 1. The molecule has 0 bridgehead atoms. The Kier molecular flexibility index (Phi) is 6.36. The van der Waals surface area contributed by atoms with Crippen LogP contribution in [0.1, 0.15) is 31.1 Å². The van der Waals surface area contributed by atoms with E-state index in [-0.39, 0.29) is 11.3 Å². The molecule has 2 aromatic carbocycles. The van der Waals surface area contributed by atoms with Gasteiger partial charge in [0.2, 0.25) is 4.96 Å². The molecule has 5 rings (SSSR count). The van der Waals surface area contributed by atoms with E-state index in [2.05, 4.69) is 17.0 Å². The van der Waals surface area contributed by atoms with Crippen molar-refractivity contribution < 1.29 is 22.3 Å². The number of thiazole rings is 1. The number of alkyl halides is 3. The summed E-state index contributed by atoms with van der Waals surface area (Å²) in [7, 11) is 0. The quantitative estimate of drug-likeness (QED) is 0.258. The third-order valence-corrected chi connectivity index (χ3v) is 6.39. The van der Waals surface area contributed by atoms with Crippen LogP contribution in [-0.4, -0.2) is 21.2 Å². The molecule has 184 valence electrons. The summed E-state index contributed by atoms with van der Waals surface area (Å²) in [5.74, 6) is 1.79. The van der Waals surface area contributed by atoms with Crippen LogP contribution in [0.5, 0.6) is 5.75 Å². The number of unbranched alkanes of at least 4 members (excludes halogenated alkanes) is 1. The van der Waals surface area contributed by atoms with Crippen LogP contribution in [-0.2, 0) is 6.18 Å². The maximum Gasteiger partial charge on any atom is 0.416 e. The number of fused-ring (bicyclic) bond motifs is 1. The smallest absolute Gasteiger partial charge is 0.416 e. The van der Waals surface area contributed by atoms with Gasteiger partial charge in [-0.25, -0.2) is 0 Å². The first-order valence-corrected chi connectivity index (χ1v) is 12.1. The molecule has 0 saturated carbocycles. The molecule has 36 heavy (non-hydrogen) atoms. The second-order valence-electron chi connectivity index (χ2n) is 8.05. The lowest BCUT2D eigenvalue weighted by atomic mass is 10.1. The molecule has 0 spiro atoms. The molecule has 0 unspecified atom stereocenters. The predicted octanol–water partition coefficient (Wildman–Crippen LogP) is 5.82. The van der Waals surface area contributed by atoms with Gasteiger partial charge in [0.05, 0.1) is 12.2 Å². The first-order valence-electron chi connectivity index (χ1n) is 11.2. The van der Waals surface area contributed by atoms with Crippen molar-refractivity contribution in [3.8, 4) is 28.5 Å². The molecule has 0 atom stereocenters. The van der Waals surface area contributed by atoms with E-state index in [1.54, 1.807) is 12.1 Å². The van der Waals surface area contributed by atoms with Gasteiger partial charge in [-0.05, 0) is 55.0 Å². The van der Waals surface area contributed by atoms with E-state index >= 15 is 0 Å². The van der Waals surface area contributed by atoms with Gasteiger partial charge >= 0.3 is 6.18 Å². The molecule has 0 aliphatic carbocycles. The van der Waals surface area contributed by atoms with E-state index < -0.39 is 11.7 Å².